The Labute approximate surface area is 92.3 Å². The summed E-state index contributed by atoms with van der Waals surface area (Å²) in [5, 5.41) is 4.05. The Morgan fingerprint density at radius 2 is 2.00 bits per heavy atom. The van der Waals surface area contributed by atoms with E-state index in [-0.39, 0.29) is 5.41 Å². The summed E-state index contributed by atoms with van der Waals surface area (Å²) >= 11 is 0. The first-order valence-electron chi connectivity index (χ1n) is 5.85. The lowest BCUT2D eigenvalue weighted by atomic mass is 9.88. The van der Waals surface area contributed by atoms with Crippen LogP contribution in [0.2, 0.25) is 0 Å². The standard InChI is InChI=1S/C12H22N2O/c1-6-8-12(4,5)11-13-10(14-15-11)9(3)7-2/h9H,6-8H2,1-5H3. The SMILES string of the molecule is CCCC(C)(C)c1nc(C(C)CC)no1. The highest BCUT2D eigenvalue weighted by Crippen LogP contribution is 2.28. The van der Waals surface area contributed by atoms with E-state index in [9.17, 15) is 0 Å². The molecule has 0 aliphatic heterocycles. The number of hydrogen-bond donors (Lipinski definition) is 0. The molecule has 0 saturated carbocycles. The Balaban J connectivity index is 2.83. The normalized spacial score (nSPS) is 14.2. The van der Waals surface area contributed by atoms with Crippen LogP contribution in [0.5, 0.6) is 0 Å². The third kappa shape index (κ3) is 2.80. The Bertz CT molecular complexity index is 304. The quantitative estimate of drug-likeness (QED) is 0.744. The van der Waals surface area contributed by atoms with Crippen molar-refractivity contribution in [3.8, 4) is 0 Å². The maximum atomic E-state index is 5.34. The molecule has 1 rings (SSSR count). The molecule has 3 nitrogen and oxygen atoms in total. The molecule has 0 N–H and O–H groups in total. The van der Waals surface area contributed by atoms with E-state index in [1.807, 2.05) is 0 Å². The van der Waals surface area contributed by atoms with Crippen molar-refractivity contribution in [2.24, 2.45) is 0 Å². The van der Waals surface area contributed by atoms with Gasteiger partial charge in [-0.2, -0.15) is 4.98 Å². The summed E-state index contributed by atoms with van der Waals surface area (Å²) in [7, 11) is 0. The van der Waals surface area contributed by atoms with Gasteiger partial charge in [-0.15, -0.1) is 0 Å². The molecule has 1 aromatic rings. The molecule has 86 valence electrons. The van der Waals surface area contributed by atoms with Crippen molar-refractivity contribution in [1.29, 1.82) is 0 Å². The number of nitrogens with zero attached hydrogens (tertiary/aromatic N) is 2. The summed E-state index contributed by atoms with van der Waals surface area (Å²) in [5.41, 5.74) is 0.00740. The lowest BCUT2D eigenvalue weighted by molar-refractivity contribution is 0.292. The van der Waals surface area contributed by atoms with E-state index in [0.29, 0.717) is 5.92 Å². The van der Waals surface area contributed by atoms with Crippen molar-refractivity contribution in [3.63, 3.8) is 0 Å². The van der Waals surface area contributed by atoms with Gasteiger partial charge in [0.2, 0.25) is 5.89 Å². The number of hydrogen-bond acceptors (Lipinski definition) is 3. The van der Waals surface area contributed by atoms with E-state index in [2.05, 4.69) is 44.8 Å². The van der Waals surface area contributed by atoms with Crippen LogP contribution in [0.25, 0.3) is 0 Å². The van der Waals surface area contributed by atoms with Gasteiger partial charge in [0.1, 0.15) is 0 Å². The summed E-state index contributed by atoms with van der Waals surface area (Å²) in [4.78, 5) is 4.49. The van der Waals surface area contributed by atoms with Gasteiger partial charge in [0.25, 0.3) is 0 Å². The lowest BCUT2D eigenvalue weighted by Crippen LogP contribution is -2.17. The second-order valence-corrected chi connectivity index (χ2v) is 4.90. The maximum absolute atomic E-state index is 5.34. The molecule has 0 bridgehead atoms. The highest BCUT2D eigenvalue weighted by atomic mass is 16.5. The van der Waals surface area contributed by atoms with Crippen LogP contribution in [0.3, 0.4) is 0 Å². The van der Waals surface area contributed by atoms with E-state index < -0.39 is 0 Å². The van der Waals surface area contributed by atoms with Gasteiger partial charge in [-0.25, -0.2) is 0 Å². The molecule has 15 heavy (non-hydrogen) atoms. The molecule has 0 spiro atoms. The Morgan fingerprint density at radius 3 is 2.53 bits per heavy atom. The van der Waals surface area contributed by atoms with Gasteiger partial charge in [0.15, 0.2) is 5.82 Å². The molecule has 0 aromatic carbocycles. The first kappa shape index (κ1) is 12.2. The van der Waals surface area contributed by atoms with Crippen molar-refractivity contribution in [2.75, 3.05) is 0 Å². The molecule has 3 heteroatoms. The summed E-state index contributed by atoms with van der Waals surface area (Å²) < 4.78 is 5.34. The van der Waals surface area contributed by atoms with Crippen LogP contribution in [0.15, 0.2) is 4.52 Å². The van der Waals surface area contributed by atoms with Gasteiger partial charge in [-0.3, -0.25) is 0 Å². The maximum Gasteiger partial charge on any atom is 0.232 e. The molecule has 0 aliphatic carbocycles. The highest BCUT2D eigenvalue weighted by Gasteiger charge is 2.27. The van der Waals surface area contributed by atoms with Crippen molar-refractivity contribution < 1.29 is 4.52 Å². The zero-order chi connectivity index (χ0) is 11.5. The van der Waals surface area contributed by atoms with Crippen LogP contribution in [0.4, 0.5) is 0 Å². The monoisotopic (exact) mass is 210 g/mol. The van der Waals surface area contributed by atoms with Crippen LogP contribution in [-0.4, -0.2) is 10.1 Å². The summed E-state index contributed by atoms with van der Waals surface area (Å²) in [6, 6.07) is 0. The van der Waals surface area contributed by atoms with Gasteiger partial charge in [0, 0.05) is 11.3 Å². The average molecular weight is 210 g/mol. The predicted molar refractivity (Wildman–Crippen MR) is 60.9 cm³/mol. The third-order valence-electron chi connectivity index (χ3n) is 2.95. The smallest absolute Gasteiger partial charge is 0.232 e. The Hall–Kier alpha value is -0.860. The predicted octanol–water partition coefficient (Wildman–Crippen LogP) is 3.66. The highest BCUT2D eigenvalue weighted by molar-refractivity contribution is 5.02. The fraction of sp³-hybridized carbons (Fsp3) is 0.833. The van der Waals surface area contributed by atoms with E-state index in [4.69, 9.17) is 4.52 Å². The van der Waals surface area contributed by atoms with Crippen LogP contribution in [0.1, 0.15) is 71.5 Å². The zero-order valence-corrected chi connectivity index (χ0v) is 10.5. The molecule has 1 atom stereocenters. The minimum atomic E-state index is 0.00740. The molecule has 0 fully saturated rings. The molecule has 1 heterocycles. The lowest BCUT2D eigenvalue weighted by Gasteiger charge is -2.18. The molecule has 0 saturated heterocycles. The van der Waals surface area contributed by atoms with E-state index >= 15 is 0 Å². The molecular weight excluding hydrogens is 188 g/mol. The van der Waals surface area contributed by atoms with Crippen molar-refractivity contribution in [1.82, 2.24) is 10.1 Å². The van der Waals surface area contributed by atoms with Gasteiger partial charge >= 0.3 is 0 Å². The summed E-state index contributed by atoms with van der Waals surface area (Å²) in [6.07, 6.45) is 3.26. The number of rotatable bonds is 5. The minimum Gasteiger partial charge on any atom is -0.339 e. The van der Waals surface area contributed by atoms with Gasteiger partial charge in [-0.1, -0.05) is 46.2 Å². The minimum absolute atomic E-state index is 0.00740. The fourth-order valence-corrected chi connectivity index (χ4v) is 1.62. The first-order chi connectivity index (χ1) is 7.01. The molecule has 0 aliphatic rings. The second kappa shape index (κ2) is 4.77. The van der Waals surface area contributed by atoms with Crippen molar-refractivity contribution in [3.05, 3.63) is 11.7 Å². The van der Waals surface area contributed by atoms with E-state index in [0.717, 1.165) is 31.0 Å². The Morgan fingerprint density at radius 1 is 1.33 bits per heavy atom. The van der Waals surface area contributed by atoms with E-state index in [1.165, 1.54) is 0 Å². The topological polar surface area (TPSA) is 38.9 Å². The zero-order valence-electron chi connectivity index (χ0n) is 10.5. The van der Waals surface area contributed by atoms with Gasteiger partial charge in [-0.05, 0) is 12.8 Å². The summed E-state index contributed by atoms with van der Waals surface area (Å²) in [5.74, 6) is 2.01. The molecule has 0 radical (unpaired) electrons. The molecule has 0 amide bonds. The van der Waals surface area contributed by atoms with Gasteiger partial charge < -0.3 is 4.52 Å². The first-order valence-corrected chi connectivity index (χ1v) is 5.85. The Kier molecular flexibility index (Phi) is 3.89. The van der Waals surface area contributed by atoms with Crippen molar-refractivity contribution >= 4 is 0 Å². The molecular formula is C12H22N2O. The second-order valence-electron chi connectivity index (χ2n) is 4.90. The van der Waals surface area contributed by atoms with Gasteiger partial charge in [0.05, 0.1) is 0 Å². The van der Waals surface area contributed by atoms with Crippen LogP contribution >= 0.6 is 0 Å². The average Bonchev–Trinajstić information content (AvgIpc) is 2.66. The van der Waals surface area contributed by atoms with Crippen LogP contribution in [0, 0.1) is 0 Å². The van der Waals surface area contributed by atoms with Crippen molar-refractivity contribution in [2.45, 2.75) is 65.2 Å². The largest absolute Gasteiger partial charge is 0.339 e. The fourth-order valence-electron chi connectivity index (χ4n) is 1.62. The van der Waals surface area contributed by atoms with Crippen LogP contribution < -0.4 is 0 Å². The summed E-state index contributed by atoms with van der Waals surface area (Å²) in [6.45, 7) is 10.8. The molecule has 1 unspecified atom stereocenters. The number of aromatic nitrogens is 2. The third-order valence-corrected chi connectivity index (χ3v) is 2.95. The van der Waals surface area contributed by atoms with Crippen LogP contribution in [-0.2, 0) is 5.41 Å². The van der Waals surface area contributed by atoms with E-state index in [1.54, 1.807) is 0 Å². The molecule has 1 aromatic heterocycles.